The first-order valence-corrected chi connectivity index (χ1v) is 8.87. The molecule has 1 saturated carbocycles. The van der Waals surface area contributed by atoms with Crippen LogP contribution >= 0.6 is 0 Å². The molecule has 4 aliphatic carbocycles. The Morgan fingerprint density at radius 1 is 1.32 bits per heavy atom. The summed E-state index contributed by atoms with van der Waals surface area (Å²) in [5.74, 6) is 4.14. The van der Waals surface area contributed by atoms with E-state index in [1.807, 2.05) is 6.08 Å². The van der Waals surface area contributed by atoms with Gasteiger partial charge in [-0.05, 0) is 73.5 Å². The van der Waals surface area contributed by atoms with E-state index in [0.29, 0.717) is 23.5 Å². The minimum Gasteiger partial charge on any atom is -0.501 e. The molecule has 4 rings (SSSR count). The van der Waals surface area contributed by atoms with Crippen LogP contribution in [-0.4, -0.2) is 12.9 Å². The first kappa shape index (κ1) is 14.3. The zero-order valence-corrected chi connectivity index (χ0v) is 13.7. The molecule has 0 spiro atoms. The van der Waals surface area contributed by atoms with Gasteiger partial charge in [0.25, 0.3) is 0 Å². The molecule has 2 nitrogen and oxygen atoms in total. The Morgan fingerprint density at radius 2 is 2.18 bits per heavy atom. The maximum absolute atomic E-state index is 12.5. The molecule has 22 heavy (non-hydrogen) atoms. The average Bonchev–Trinajstić information content (AvgIpc) is 2.91. The van der Waals surface area contributed by atoms with Gasteiger partial charge in [0.05, 0.1) is 12.9 Å². The minimum atomic E-state index is -0.0608. The fourth-order valence-corrected chi connectivity index (χ4v) is 5.79. The van der Waals surface area contributed by atoms with Gasteiger partial charge in [0.15, 0.2) is 5.78 Å². The van der Waals surface area contributed by atoms with Crippen molar-refractivity contribution < 1.29 is 9.53 Å². The summed E-state index contributed by atoms with van der Waals surface area (Å²) >= 11 is 0. The highest BCUT2D eigenvalue weighted by Gasteiger charge is 2.55. The van der Waals surface area contributed by atoms with E-state index >= 15 is 0 Å². The van der Waals surface area contributed by atoms with E-state index in [1.54, 1.807) is 7.11 Å². The standard InChI is InChI=1S/C20H26O2/c1-3-20-11-10-16-15-7-5-14(22-2)12-13(15)4-6-17(16)18(20)8-9-19(20)21/h4,8-9,12,15-18H,3,5-7,10-11H2,1-2H3/t15-,16+,17+,18-,20?/m0/s1. The predicted octanol–water partition coefficient (Wildman–Crippen LogP) is 4.43. The van der Waals surface area contributed by atoms with E-state index in [-0.39, 0.29) is 5.41 Å². The predicted molar refractivity (Wildman–Crippen MR) is 87.1 cm³/mol. The van der Waals surface area contributed by atoms with Crippen LogP contribution in [0.3, 0.4) is 0 Å². The quantitative estimate of drug-likeness (QED) is 0.753. The van der Waals surface area contributed by atoms with Gasteiger partial charge in [0, 0.05) is 11.8 Å². The maximum atomic E-state index is 12.5. The number of ether oxygens (including phenoxy) is 1. The molecule has 0 radical (unpaired) electrons. The van der Waals surface area contributed by atoms with Gasteiger partial charge in [-0.2, -0.15) is 0 Å². The summed E-state index contributed by atoms with van der Waals surface area (Å²) in [4.78, 5) is 12.5. The average molecular weight is 298 g/mol. The van der Waals surface area contributed by atoms with Crippen molar-refractivity contribution in [2.75, 3.05) is 7.11 Å². The van der Waals surface area contributed by atoms with Crippen LogP contribution in [0.4, 0.5) is 0 Å². The number of carbonyl (C=O) groups excluding carboxylic acids is 1. The zero-order chi connectivity index (χ0) is 15.3. The third-order valence-electron chi connectivity index (χ3n) is 7.01. The molecular formula is C20H26O2. The van der Waals surface area contributed by atoms with Gasteiger partial charge in [-0.3, -0.25) is 4.79 Å². The van der Waals surface area contributed by atoms with Crippen LogP contribution < -0.4 is 0 Å². The Balaban J connectivity index is 1.66. The molecular weight excluding hydrogens is 272 g/mol. The molecule has 0 heterocycles. The van der Waals surface area contributed by atoms with Crippen molar-refractivity contribution in [1.82, 2.24) is 0 Å². The summed E-state index contributed by atoms with van der Waals surface area (Å²) in [5.41, 5.74) is 1.44. The molecule has 0 N–H and O–H groups in total. The number of allylic oxidation sites excluding steroid dienone is 6. The smallest absolute Gasteiger partial charge is 0.162 e. The molecule has 2 heteroatoms. The summed E-state index contributed by atoms with van der Waals surface area (Å²) in [6, 6.07) is 0. The normalized spacial score (nSPS) is 42.9. The van der Waals surface area contributed by atoms with Crippen molar-refractivity contribution >= 4 is 5.78 Å². The van der Waals surface area contributed by atoms with Gasteiger partial charge in [0.1, 0.15) is 0 Å². The molecule has 0 aliphatic heterocycles. The van der Waals surface area contributed by atoms with Gasteiger partial charge >= 0.3 is 0 Å². The number of hydrogen-bond donors (Lipinski definition) is 0. The van der Waals surface area contributed by atoms with Crippen molar-refractivity contribution in [1.29, 1.82) is 0 Å². The van der Waals surface area contributed by atoms with Crippen LogP contribution in [0.2, 0.25) is 0 Å². The number of hydrogen-bond acceptors (Lipinski definition) is 2. The van der Waals surface area contributed by atoms with Gasteiger partial charge in [0.2, 0.25) is 0 Å². The van der Waals surface area contributed by atoms with Crippen LogP contribution in [-0.2, 0) is 9.53 Å². The lowest BCUT2D eigenvalue weighted by Crippen LogP contribution is -2.47. The highest BCUT2D eigenvalue weighted by molar-refractivity contribution is 5.98. The van der Waals surface area contributed by atoms with Crippen LogP contribution in [0.1, 0.15) is 45.4 Å². The van der Waals surface area contributed by atoms with E-state index in [4.69, 9.17) is 4.74 Å². The van der Waals surface area contributed by atoms with E-state index in [9.17, 15) is 4.79 Å². The zero-order valence-electron chi connectivity index (χ0n) is 13.7. The molecule has 0 saturated heterocycles. The van der Waals surface area contributed by atoms with E-state index < -0.39 is 0 Å². The summed E-state index contributed by atoms with van der Waals surface area (Å²) in [7, 11) is 1.78. The van der Waals surface area contributed by atoms with E-state index in [2.05, 4.69) is 25.2 Å². The topological polar surface area (TPSA) is 26.3 Å². The van der Waals surface area contributed by atoms with E-state index in [0.717, 1.165) is 37.4 Å². The molecule has 1 unspecified atom stereocenters. The van der Waals surface area contributed by atoms with Crippen LogP contribution in [0.5, 0.6) is 0 Å². The van der Waals surface area contributed by atoms with Crippen molar-refractivity contribution in [2.24, 2.45) is 29.1 Å². The van der Waals surface area contributed by atoms with Crippen molar-refractivity contribution in [3.05, 3.63) is 35.6 Å². The number of fused-ring (bicyclic) bond motifs is 5. The Morgan fingerprint density at radius 3 is 2.95 bits per heavy atom. The number of ketones is 1. The van der Waals surface area contributed by atoms with Crippen molar-refractivity contribution in [2.45, 2.75) is 45.4 Å². The monoisotopic (exact) mass is 298 g/mol. The molecule has 0 bridgehead atoms. The number of methoxy groups -OCH3 is 1. The Bertz CT molecular complexity index is 583. The molecule has 5 atom stereocenters. The third kappa shape index (κ3) is 1.82. The summed E-state index contributed by atoms with van der Waals surface area (Å²) in [6.45, 7) is 2.20. The van der Waals surface area contributed by atoms with Crippen molar-refractivity contribution in [3.8, 4) is 0 Å². The third-order valence-corrected chi connectivity index (χ3v) is 7.01. The second-order valence-electron chi connectivity index (χ2n) is 7.52. The molecule has 0 aromatic rings. The summed E-state index contributed by atoms with van der Waals surface area (Å²) in [6.07, 6.45) is 15.6. The highest BCUT2D eigenvalue weighted by Crippen LogP contribution is 2.59. The van der Waals surface area contributed by atoms with Gasteiger partial charge < -0.3 is 4.74 Å². The van der Waals surface area contributed by atoms with Gasteiger partial charge in [-0.15, -0.1) is 0 Å². The Hall–Kier alpha value is -1.31. The summed E-state index contributed by atoms with van der Waals surface area (Å²) < 4.78 is 5.46. The largest absolute Gasteiger partial charge is 0.501 e. The fraction of sp³-hybridized carbons (Fsp3) is 0.650. The number of rotatable bonds is 2. The van der Waals surface area contributed by atoms with E-state index in [1.165, 1.54) is 18.4 Å². The van der Waals surface area contributed by atoms with Crippen LogP contribution in [0.15, 0.2) is 35.6 Å². The van der Waals surface area contributed by atoms with Crippen LogP contribution in [0.25, 0.3) is 0 Å². The lowest BCUT2D eigenvalue weighted by molar-refractivity contribution is -0.130. The van der Waals surface area contributed by atoms with Gasteiger partial charge in [-0.25, -0.2) is 0 Å². The lowest BCUT2D eigenvalue weighted by atomic mass is 9.52. The maximum Gasteiger partial charge on any atom is 0.162 e. The Kier molecular flexibility index (Phi) is 3.32. The first-order valence-electron chi connectivity index (χ1n) is 8.87. The fourth-order valence-electron chi connectivity index (χ4n) is 5.79. The lowest BCUT2D eigenvalue weighted by Gasteiger charge is -2.51. The Labute approximate surface area is 133 Å². The number of carbonyl (C=O) groups is 1. The molecule has 4 aliphatic rings. The molecule has 0 aromatic heterocycles. The van der Waals surface area contributed by atoms with Gasteiger partial charge in [-0.1, -0.05) is 19.1 Å². The molecule has 0 aromatic carbocycles. The molecule has 118 valence electrons. The molecule has 0 amide bonds. The van der Waals surface area contributed by atoms with Crippen LogP contribution in [0, 0.1) is 29.1 Å². The first-order chi connectivity index (χ1) is 10.7. The second-order valence-corrected chi connectivity index (χ2v) is 7.52. The highest BCUT2D eigenvalue weighted by atomic mass is 16.5. The summed E-state index contributed by atoms with van der Waals surface area (Å²) in [5, 5.41) is 0. The second kappa shape index (κ2) is 5.11. The molecule has 1 fully saturated rings. The SMILES string of the molecule is CCC12CC[C@H]3[C@@H](CC=C4C=C(OC)CC[C@@H]43)[C@@H]1C=CC2=O. The minimum absolute atomic E-state index is 0.0608. The van der Waals surface area contributed by atoms with Crippen molar-refractivity contribution in [3.63, 3.8) is 0 Å².